The fourth-order valence-electron chi connectivity index (χ4n) is 5.22. The molecule has 0 atom stereocenters. The Kier molecular flexibility index (Phi) is 7.97. The number of nitrogens with zero attached hydrogens (tertiary/aromatic N) is 2. The zero-order chi connectivity index (χ0) is 31.1. The van der Waals surface area contributed by atoms with Crippen LogP contribution in [0.25, 0.3) is 22.3 Å². The van der Waals surface area contributed by atoms with Gasteiger partial charge in [0.2, 0.25) is 5.95 Å². The lowest BCUT2D eigenvalue weighted by atomic mass is 9.93. The molecular weight excluding hydrogens is 568 g/mol. The average molecular weight is 601 g/mol. The summed E-state index contributed by atoms with van der Waals surface area (Å²) in [7, 11) is 0. The number of piperidine rings is 1. The number of nitrogens with two attached hydrogens (primary N) is 1. The number of nitrogen functional groups attached to an aromatic ring is 1. The van der Waals surface area contributed by atoms with Gasteiger partial charge in [-0.15, -0.1) is 0 Å². The Hall–Kier alpha value is -4.35. The van der Waals surface area contributed by atoms with Gasteiger partial charge in [-0.25, -0.2) is 9.78 Å². The maximum Gasteiger partial charge on any atom is 0.419 e. The summed E-state index contributed by atoms with van der Waals surface area (Å²) in [5.41, 5.74) is 6.28. The molecule has 1 saturated heterocycles. The van der Waals surface area contributed by atoms with Gasteiger partial charge in [0.25, 0.3) is 5.91 Å². The first-order chi connectivity index (χ1) is 20.2. The van der Waals surface area contributed by atoms with Gasteiger partial charge in [0.1, 0.15) is 23.3 Å². The van der Waals surface area contributed by atoms with E-state index in [0.29, 0.717) is 42.5 Å². The van der Waals surface area contributed by atoms with Crippen molar-refractivity contribution >= 4 is 17.8 Å². The molecule has 2 aromatic carbocycles. The predicted octanol–water partition coefficient (Wildman–Crippen LogP) is 6.22. The molecular formula is C31H32F4N4O4. The molecule has 0 radical (unpaired) electrons. The lowest BCUT2D eigenvalue weighted by Gasteiger charge is -2.33. The minimum absolute atomic E-state index is 0.0528. The number of carbonyl (C=O) groups is 2. The van der Waals surface area contributed by atoms with Gasteiger partial charge in [0, 0.05) is 49.2 Å². The summed E-state index contributed by atoms with van der Waals surface area (Å²) in [5, 5.41) is 2.76. The highest BCUT2D eigenvalue weighted by atomic mass is 19.4. The van der Waals surface area contributed by atoms with Crippen LogP contribution in [0.5, 0.6) is 5.75 Å². The van der Waals surface area contributed by atoms with E-state index < -0.39 is 35.5 Å². The molecule has 0 bridgehead atoms. The summed E-state index contributed by atoms with van der Waals surface area (Å²) in [4.78, 5) is 29.7. The first-order valence-electron chi connectivity index (χ1n) is 13.9. The molecule has 5 rings (SSSR count). The number of alkyl halides is 3. The zero-order valence-electron chi connectivity index (χ0n) is 24.0. The molecule has 12 heteroatoms. The van der Waals surface area contributed by atoms with E-state index in [0.717, 1.165) is 11.6 Å². The van der Waals surface area contributed by atoms with Crippen molar-refractivity contribution in [3.8, 4) is 28.0 Å². The van der Waals surface area contributed by atoms with Gasteiger partial charge in [0.05, 0.1) is 5.56 Å². The molecule has 0 aliphatic carbocycles. The van der Waals surface area contributed by atoms with E-state index in [9.17, 15) is 22.8 Å². The van der Waals surface area contributed by atoms with Gasteiger partial charge in [-0.05, 0) is 68.1 Å². The van der Waals surface area contributed by atoms with E-state index in [1.165, 1.54) is 23.1 Å². The summed E-state index contributed by atoms with van der Waals surface area (Å²) in [5.74, 6) is -1.73. The van der Waals surface area contributed by atoms with E-state index in [2.05, 4.69) is 10.3 Å². The van der Waals surface area contributed by atoms with E-state index in [1.807, 2.05) is 0 Å². The minimum Gasteiger partial charge on any atom is -0.490 e. The zero-order valence-corrected chi connectivity index (χ0v) is 24.0. The van der Waals surface area contributed by atoms with Gasteiger partial charge >= 0.3 is 12.3 Å². The monoisotopic (exact) mass is 600 g/mol. The summed E-state index contributed by atoms with van der Waals surface area (Å²) >= 11 is 0. The number of anilines is 1. The molecule has 0 saturated carbocycles. The molecule has 2 amide bonds. The van der Waals surface area contributed by atoms with Crippen LogP contribution < -0.4 is 15.8 Å². The smallest absolute Gasteiger partial charge is 0.419 e. The fourth-order valence-corrected chi connectivity index (χ4v) is 5.22. The Morgan fingerprint density at radius 3 is 2.35 bits per heavy atom. The molecule has 2 aliphatic rings. The van der Waals surface area contributed by atoms with Crippen LogP contribution in [0, 0.1) is 5.95 Å². The van der Waals surface area contributed by atoms with Gasteiger partial charge in [-0.2, -0.15) is 17.6 Å². The first-order valence-corrected chi connectivity index (χ1v) is 13.9. The maximum absolute atomic E-state index is 15.1. The van der Waals surface area contributed by atoms with Crippen LogP contribution in [0.1, 0.15) is 55.1 Å². The normalized spacial score (nSPS) is 16.0. The lowest BCUT2D eigenvalue weighted by Crippen LogP contribution is -2.44. The maximum atomic E-state index is 15.1. The largest absolute Gasteiger partial charge is 0.490 e. The van der Waals surface area contributed by atoms with Crippen LogP contribution in [0.15, 0.2) is 42.5 Å². The fraction of sp³-hybridized carbons (Fsp3) is 0.387. The SMILES string of the molecule is CC(C)(C)OC(=O)N1CCC(Oc2ccc(-c3cc(-c4ccc5c(c4)CCNC5=O)c(N)nc3F)cc2C(F)(F)F)CC1. The second-order valence-corrected chi connectivity index (χ2v) is 11.6. The highest BCUT2D eigenvalue weighted by Gasteiger charge is 2.36. The number of rotatable bonds is 4. The van der Waals surface area contributed by atoms with Crippen LogP contribution in [-0.4, -0.2) is 53.2 Å². The number of benzene rings is 2. The summed E-state index contributed by atoms with van der Waals surface area (Å²) in [6, 6.07) is 9.75. The number of aromatic nitrogens is 1. The third kappa shape index (κ3) is 6.68. The molecule has 8 nitrogen and oxygen atoms in total. The summed E-state index contributed by atoms with van der Waals surface area (Å²) in [6.45, 7) is 6.28. The van der Waals surface area contributed by atoms with Crippen molar-refractivity contribution < 1.29 is 36.6 Å². The molecule has 1 aromatic heterocycles. The number of ether oxygens (including phenoxy) is 2. The van der Waals surface area contributed by atoms with E-state index in [1.54, 1.807) is 39.0 Å². The van der Waals surface area contributed by atoms with E-state index in [4.69, 9.17) is 15.2 Å². The highest BCUT2D eigenvalue weighted by molar-refractivity contribution is 5.97. The van der Waals surface area contributed by atoms with E-state index in [-0.39, 0.29) is 41.7 Å². The van der Waals surface area contributed by atoms with Gasteiger partial charge in [-0.3, -0.25) is 4.79 Å². The van der Waals surface area contributed by atoms with Crippen molar-refractivity contribution in [1.82, 2.24) is 15.2 Å². The molecule has 2 aliphatic heterocycles. The first kappa shape index (κ1) is 30.1. The Balaban J connectivity index is 1.40. The predicted molar refractivity (Wildman–Crippen MR) is 152 cm³/mol. The molecule has 43 heavy (non-hydrogen) atoms. The van der Waals surface area contributed by atoms with Gasteiger partial charge in [0.15, 0.2) is 0 Å². The number of nitrogens with one attached hydrogen (secondary N) is 1. The number of pyridine rings is 1. The Labute approximate surface area is 246 Å². The summed E-state index contributed by atoms with van der Waals surface area (Å²) in [6.07, 6.45) is -4.60. The van der Waals surface area contributed by atoms with Gasteiger partial charge < -0.3 is 25.4 Å². The number of amides is 2. The second kappa shape index (κ2) is 11.4. The van der Waals surface area contributed by atoms with Crippen LogP contribution in [0.4, 0.5) is 28.2 Å². The Morgan fingerprint density at radius 2 is 1.67 bits per heavy atom. The molecule has 228 valence electrons. The standard InChI is InChI=1S/C31H32F4N4O4/c1-30(2,3)43-29(41)39-12-9-20(10-13-39)42-25-7-5-18(15-24(25)31(33,34)35)22-16-23(27(36)38-26(22)32)17-4-6-21-19(14-17)8-11-37-28(21)40/h4-7,14-16,20H,8-13H2,1-3H3,(H2,36,38)(H,37,40). The molecule has 3 aromatic rings. The number of likely N-dealkylation sites (tertiary alicyclic amines) is 1. The number of hydrogen-bond donors (Lipinski definition) is 2. The molecule has 3 heterocycles. The van der Waals surface area contributed by atoms with Crippen LogP contribution in [0.2, 0.25) is 0 Å². The molecule has 0 unspecified atom stereocenters. The third-order valence-electron chi connectivity index (χ3n) is 7.33. The van der Waals surface area contributed by atoms with Crippen LogP contribution >= 0.6 is 0 Å². The van der Waals surface area contributed by atoms with Crippen molar-refractivity contribution in [1.29, 1.82) is 0 Å². The van der Waals surface area contributed by atoms with E-state index >= 15 is 4.39 Å². The second-order valence-electron chi connectivity index (χ2n) is 11.6. The Morgan fingerprint density at radius 1 is 1.00 bits per heavy atom. The van der Waals surface area contributed by atoms with Crippen LogP contribution in [0.3, 0.4) is 0 Å². The summed E-state index contributed by atoms with van der Waals surface area (Å²) < 4.78 is 68.8. The van der Waals surface area contributed by atoms with Crippen molar-refractivity contribution in [3.63, 3.8) is 0 Å². The lowest BCUT2D eigenvalue weighted by molar-refractivity contribution is -0.139. The van der Waals surface area contributed by atoms with Crippen LogP contribution in [-0.2, 0) is 17.3 Å². The molecule has 1 fully saturated rings. The van der Waals surface area contributed by atoms with Crippen molar-refractivity contribution in [2.45, 2.75) is 57.9 Å². The van der Waals surface area contributed by atoms with Crippen molar-refractivity contribution in [3.05, 3.63) is 65.1 Å². The molecule has 3 N–H and O–H groups in total. The number of halogens is 4. The Bertz CT molecular complexity index is 1560. The molecule has 0 spiro atoms. The number of hydrogen-bond acceptors (Lipinski definition) is 6. The number of carbonyl (C=O) groups excluding carboxylic acids is 2. The minimum atomic E-state index is -4.79. The van der Waals surface area contributed by atoms with Crippen molar-refractivity contribution in [2.24, 2.45) is 0 Å². The third-order valence-corrected chi connectivity index (χ3v) is 7.33. The average Bonchev–Trinajstić information content (AvgIpc) is 2.92. The topological polar surface area (TPSA) is 107 Å². The number of fused-ring (bicyclic) bond motifs is 1. The quantitative estimate of drug-likeness (QED) is 0.272. The van der Waals surface area contributed by atoms with Gasteiger partial charge in [-0.1, -0.05) is 18.2 Å². The highest BCUT2D eigenvalue weighted by Crippen LogP contribution is 2.41. The van der Waals surface area contributed by atoms with Crippen molar-refractivity contribution in [2.75, 3.05) is 25.4 Å².